The second-order valence-corrected chi connectivity index (χ2v) is 11.0. The third-order valence-electron chi connectivity index (χ3n) is 7.56. The van der Waals surface area contributed by atoms with Gasteiger partial charge in [0.2, 0.25) is 11.8 Å². The lowest BCUT2D eigenvalue weighted by molar-refractivity contribution is -0.145. The van der Waals surface area contributed by atoms with Gasteiger partial charge in [-0.05, 0) is 43.7 Å². The number of anilines is 1. The molecule has 0 saturated carbocycles. The van der Waals surface area contributed by atoms with Gasteiger partial charge in [-0.15, -0.1) is 0 Å². The van der Waals surface area contributed by atoms with Gasteiger partial charge in [0.05, 0.1) is 6.67 Å². The number of hydrogen-bond donors (Lipinski definition) is 0. The molecular formula is C26H38N4O3. The molecule has 4 rings (SSSR count). The van der Waals surface area contributed by atoms with Crippen LogP contribution >= 0.6 is 0 Å². The van der Waals surface area contributed by atoms with E-state index in [1.54, 1.807) is 4.90 Å². The number of amides is 3. The van der Waals surface area contributed by atoms with Gasteiger partial charge in [-0.3, -0.25) is 14.4 Å². The lowest BCUT2D eigenvalue weighted by Crippen LogP contribution is -2.58. The Morgan fingerprint density at radius 3 is 2.15 bits per heavy atom. The zero-order valence-corrected chi connectivity index (χ0v) is 20.5. The molecule has 7 nitrogen and oxygen atoms in total. The van der Waals surface area contributed by atoms with Crippen molar-refractivity contribution in [3.8, 4) is 0 Å². The van der Waals surface area contributed by atoms with Crippen LogP contribution in [-0.4, -0.2) is 77.4 Å². The highest BCUT2D eigenvalue weighted by molar-refractivity contribution is 5.96. The first kappa shape index (κ1) is 23.6. The van der Waals surface area contributed by atoms with E-state index in [1.165, 1.54) is 0 Å². The fourth-order valence-electron chi connectivity index (χ4n) is 5.40. The molecule has 0 unspecified atom stereocenters. The molecule has 3 heterocycles. The number of rotatable bonds is 3. The van der Waals surface area contributed by atoms with Crippen molar-refractivity contribution >= 4 is 23.4 Å². The van der Waals surface area contributed by atoms with Crippen LogP contribution in [0, 0.1) is 11.3 Å². The summed E-state index contributed by atoms with van der Waals surface area (Å²) in [5.41, 5.74) is -0.149. The number of para-hydroxylation sites is 1. The van der Waals surface area contributed by atoms with Crippen molar-refractivity contribution in [2.45, 2.75) is 58.9 Å². The maximum Gasteiger partial charge on any atom is 0.250 e. The molecule has 0 atom stereocenters. The van der Waals surface area contributed by atoms with Crippen LogP contribution in [-0.2, 0) is 14.4 Å². The summed E-state index contributed by atoms with van der Waals surface area (Å²) >= 11 is 0. The van der Waals surface area contributed by atoms with Crippen LogP contribution < -0.4 is 4.90 Å². The molecule has 33 heavy (non-hydrogen) atoms. The number of carbonyl (C=O) groups is 3. The molecule has 180 valence electrons. The molecular weight excluding hydrogens is 416 g/mol. The Morgan fingerprint density at radius 1 is 0.970 bits per heavy atom. The Kier molecular flexibility index (Phi) is 6.43. The van der Waals surface area contributed by atoms with Crippen molar-refractivity contribution in [2.75, 3.05) is 44.3 Å². The molecule has 3 fully saturated rings. The number of hydrogen-bond acceptors (Lipinski definition) is 4. The summed E-state index contributed by atoms with van der Waals surface area (Å²) < 4.78 is 0. The third kappa shape index (κ3) is 4.59. The minimum Gasteiger partial charge on any atom is -0.342 e. The standard InChI is InChI=1S/C26H38N4O3/c1-20-10-14-27(15-11-20)22(31)18-29-19-30(21-8-6-5-7-9-21)26(24(29)33)12-16-28(17-13-26)23(32)25(2,3)4/h5-9,20H,10-19H2,1-4H3. The maximum atomic E-state index is 13.8. The van der Waals surface area contributed by atoms with Crippen LogP contribution in [0.3, 0.4) is 0 Å². The second kappa shape index (κ2) is 8.99. The molecule has 1 spiro atoms. The zero-order chi connectivity index (χ0) is 23.8. The highest BCUT2D eigenvalue weighted by atomic mass is 16.2. The van der Waals surface area contributed by atoms with E-state index in [2.05, 4.69) is 11.8 Å². The van der Waals surface area contributed by atoms with E-state index in [9.17, 15) is 14.4 Å². The molecule has 1 aromatic carbocycles. The number of carbonyl (C=O) groups excluding carboxylic acids is 3. The quantitative estimate of drug-likeness (QED) is 0.705. The summed E-state index contributed by atoms with van der Waals surface area (Å²) in [6, 6.07) is 9.98. The molecule has 0 bridgehead atoms. The zero-order valence-electron chi connectivity index (χ0n) is 20.5. The van der Waals surface area contributed by atoms with Gasteiger partial charge in [0.1, 0.15) is 12.1 Å². The minimum absolute atomic E-state index is 0.0212. The first-order valence-corrected chi connectivity index (χ1v) is 12.3. The molecule has 3 aliphatic rings. The van der Waals surface area contributed by atoms with Gasteiger partial charge in [0, 0.05) is 37.3 Å². The predicted octanol–water partition coefficient (Wildman–Crippen LogP) is 2.96. The summed E-state index contributed by atoms with van der Waals surface area (Å²) in [5.74, 6) is 0.842. The van der Waals surface area contributed by atoms with Gasteiger partial charge in [-0.2, -0.15) is 0 Å². The highest BCUT2D eigenvalue weighted by Gasteiger charge is 2.54. The van der Waals surface area contributed by atoms with E-state index in [0.717, 1.165) is 31.6 Å². The van der Waals surface area contributed by atoms with Gasteiger partial charge in [0.25, 0.3) is 5.91 Å². The Morgan fingerprint density at radius 2 is 1.58 bits per heavy atom. The average Bonchev–Trinajstić information content (AvgIpc) is 3.05. The van der Waals surface area contributed by atoms with E-state index in [4.69, 9.17) is 0 Å². The van der Waals surface area contributed by atoms with Crippen molar-refractivity contribution < 1.29 is 14.4 Å². The van der Waals surface area contributed by atoms with Crippen molar-refractivity contribution in [3.63, 3.8) is 0 Å². The molecule has 0 aliphatic carbocycles. The van der Waals surface area contributed by atoms with Crippen LogP contribution in [0.1, 0.15) is 53.4 Å². The molecule has 1 aromatic rings. The molecule has 3 amide bonds. The largest absolute Gasteiger partial charge is 0.342 e. The smallest absolute Gasteiger partial charge is 0.250 e. The van der Waals surface area contributed by atoms with Crippen LogP contribution in [0.15, 0.2) is 30.3 Å². The lowest BCUT2D eigenvalue weighted by atomic mass is 9.84. The third-order valence-corrected chi connectivity index (χ3v) is 7.56. The minimum atomic E-state index is -0.702. The number of piperidine rings is 2. The Hall–Kier alpha value is -2.57. The van der Waals surface area contributed by atoms with E-state index in [0.29, 0.717) is 38.5 Å². The van der Waals surface area contributed by atoms with Gasteiger partial charge in [-0.25, -0.2) is 0 Å². The van der Waals surface area contributed by atoms with E-state index >= 15 is 0 Å². The van der Waals surface area contributed by atoms with Crippen molar-refractivity contribution in [2.24, 2.45) is 11.3 Å². The highest BCUT2D eigenvalue weighted by Crippen LogP contribution is 2.40. The normalized spacial score (nSPS) is 21.8. The van der Waals surface area contributed by atoms with Crippen molar-refractivity contribution in [3.05, 3.63) is 30.3 Å². The van der Waals surface area contributed by atoms with E-state index in [1.807, 2.05) is 60.9 Å². The van der Waals surface area contributed by atoms with Crippen LogP contribution in [0.25, 0.3) is 0 Å². The van der Waals surface area contributed by atoms with Crippen LogP contribution in [0.2, 0.25) is 0 Å². The molecule has 0 aromatic heterocycles. The second-order valence-electron chi connectivity index (χ2n) is 11.0. The van der Waals surface area contributed by atoms with E-state index < -0.39 is 11.0 Å². The van der Waals surface area contributed by atoms with Gasteiger partial charge in [-0.1, -0.05) is 45.9 Å². The maximum absolute atomic E-state index is 13.8. The topological polar surface area (TPSA) is 64.2 Å². The van der Waals surface area contributed by atoms with Crippen molar-refractivity contribution in [1.82, 2.24) is 14.7 Å². The van der Waals surface area contributed by atoms with E-state index in [-0.39, 0.29) is 24.3 Å². The Bertz CT molecular complexity index is 879. The molecule has 3 saturated heterocycles. The summed E-state index contributed by atoms with van der Waals surface area (Å²) in [6.45, 7) is 11.2. The number of likely N-dealkylation sites (tertiary alicyclic amines) is 2. The SMILES string of the molecule is CC1CCN(C(=O)CN2CN(c3ccccc3)C3(CCN(C(=O)C(C)(C)C)CC3)C2=O)CC1. The number of benzene rings is 1. The Balaban J connectivity index is 1.53. The fourth-order valence-corrected chi connectivity index (χ4v) is 5.40. The van der Waals surface area contributed by atoms with Crippen molar-refractivity contribution in [1.29, 1.82) is 0 Å². The Labute approximate surface area is 197 Å². The lowest BCUT2D eigenvalue weighted by Gasteiger charge is -2.44. The first-order chi connectivity index (χ1) is 15.6. The van der Waals surface area contributed by atoms with Gasteiger partial charge < -0.3 is 19.6 Å². The first-order valence-electron chi connectivity index (χ1n) is 12.3. The molecule has 7 heteroatoms. The van der Waals surface area contributed by atoms with Crippen LogP contribution in [0.4, 0.5) is 5.69 Å². The molecule has 0 radical (unpaired) electrons. The molecule has 0 N–H and O–H groups in total. The summed E-state index contributed by atoms with van der Waals surface area (Å²) in [6.07, 6.45) is 3.21. The van der Waals surface area contributed by atoms with Crippen LogP contribution in [0.5, 0.6) is 0 Å². The van der Waals surface area contributed by atoms with Gasteiger partial charge in [0.15, 0.2) is 0 Å². The average molecular weight is 455 g/mol. The monoisotopic (exact) mass is 454 g/mol. The molecule has 3 aliphatic heterocycles. The summed E-state index contributed by atoms with van der Waals surface area (Å²) in [4.78, 5) is 47.4. The number of nitrogens with zero attached hydrogens (tertiary/aromatic N) is 4. The van der Waals surface area contributed by atoms with Gasteiger partial charge >= 0.3 is 0 Å². The summed E-state index contributed by atoms with van der Waals surface area (Å²) in [5, 5.41) is 0. The fraction of sp³-hybridized carbons (Fsp3) is 0.654. The summed E-state index contributed by atoms with van der Waals surface area (Å²) in [7, 11) is 0. The predicted molar refractivity (Wildman–Crippen MR) is 128 cm³/mol.